The van der Waals surface area contributed by atoms with Gasteiger partial charge in [-0.2, -0.15) is 0 Å². The molecule has 1 aliphatic rings. The van der Waals surface area contributed by atoms with E-state index in [1.165, 1.54) is 14.2 Å². The van der Waals surface area contributed by atoms with Crippen LogP contribution in [0, 0.1) is 0 Å². The molecule has 0 aliphatic carbocycles. The number of ether oxygens (including phenoxy) is 5. The first-order chi connectivity index (χ1) is 14.2. The SMILES string of the molecule is COc1ccc(C(=O)OCc2cc(-c3ccc4c(c3)OCCO4)on2)cc1OC. The minimum absolute atomic E-state index is 0.0266. The zero-order valence-corrected chi connectivity index (χ0v) is 16.0. The van der Waals surface area contributed by atoms with Crippen LogP contribution in [0.15, 0.2) is 47.0 Å². The molecule has 1 aliphatic heterocycles. The van der Waals surface area contributed by atoms with Gasteiger partial charge in [0.25, 0.3) is 0 Å². The molecule has 4 rings (SSSR count). The van der Waals surface area contributed by atoms with Gasteiger partial charge < -0.3 is 28.2 Å². The molecule has 0 radical (unpaired) electrons. The number of hydrogen-bond acceptors (Lipinski definition) is 8. The smallest absolute Gasteiger partial charge is 0.338 e. The van der Waals surface area contributed by atoms with E-state index < -0.39 is 5.97 Å². The molecule has 0 unspecified atom stereocenters. The number of fused-ring (bicyclic) bond motifs is 1. The van der Waals surface area contributed by atoms with E-state index in [2.05, 4.69) is 5.16 Å². The zero-order valence-electron chi connectivity index (χ0n) is 16.0. The van der Waals surface area contributed by atoms with Gasteiger partial charge in [0, 0.05) is 11.6 Å². The molecular formula is C21H19NO7. The van der Waals surface area contributed by atoms with Crippen molar-refractivity contribution in [1.29, 1.82) is 0 Å². The molecule has 29 heavy (non-hydrogen) atoms. The van der Waals surface area contributed by atoms with Gasteiger partial charge in [0.2, 0.25) is 0 Å². The summed E-state index contributed by atoms with van der Waals surface area (Å²) in [5.74, 6) is 2.37. The lowest BCUT2D eigenvalue weighted by molar-refractivity contribution is 0.0464. The number of nitrogens with zero attached hydrogens (tertiary/aromatic N) is 1. The van der Waals surface area contributed by atoms with E-state index in [9.17, 15) is 4.79 Å². The molecule has 0 fully saturated rings. The fourth-order valence-corrected chi connectivity index (χ4v) is 2.90. The predicted molar refractivity (Wildman–Crippen MR) is 102 cm³/mol. The Labute approximate surface area is 166 Å². The fraction of sp³-hybridized carbons (Fsp3) is 0.238. The van der Waals surface area contributed by atoms with Gasteiger partial charge in [-0.15, -0.1) is 0 Å². The van der Waals surface area contributed by atoms with Crippen LogP contribution < -0.4 is 18.9 Å². The first-order valence-electron chi connectivity index (χ1n) is 8.92. The summed E-state index contributed by atoms with van der Waals surface area (Å²) in [7, 11) is 3.03. The minimum Gasteiger partial charge on any atom is -0.493 e. The summed E-state index contributed by atoms with van der Waals surface area (Å²) in [6.45, 7) is 1.01. The molecule has 0 N–H and O–H groups in total. The van der Waals surface area contributed by atoms with Crippen LogP contribution in [0.4, 0.5) is 0 Å². The predicted octanol–water partition coefficient (Wildman–Crippen LogP) is 3.49. The second kappa shape index (κ2) is 8.14. The topological polar surface area (TPSA) is 89.3 Å². The number of carbonyl (C=O) groups excluding carboxylic acids is 1. The van der Waals surface area contributed by atoms with Crippen LogP contribution in [-0.4, -0.2) is 38.6 Å². The van der Waals surface area contributed by atoms with Crippen LogP contribution >= 0.6 is 0 Å². The van der Waals surface area contributed by atoms with Gasteiger partial charge in [-0.25, -0.2) is 4.79 Å². The van der Waals surface area contributed by atoms with Crippen LogP contribution in [0.25, 0.3) is 11.3 Å². The molecule has 0 spiro atoms. The number of esters is 1. The summed E-state index contributed by atoms with van der Waals surface area (Å²) in [5, 5.41) is 3.96. The quantitative estimate of drug-likeness (QED) is 0.584. The van der Waals surface area contributed by atoms with Crippen molar-refractivity contribution < 1.29 is 33.0 Å². The molecule has 2 heterocycles. The van der Waals surface area contributed by atoms with Gasteiger partial charge in [0.05, 0.1) is 19.8 Å². The van der Waals surface area contributed by atoms with E-state index in [-0.39, 0.29) is 6.61 Å². The Hall–Kier alpha value is -3.68. The van der Waals surface area contributed by atoms with Crippen LogP contribution in [0.1, 0.15) is 16.1 Å². The van der Waals surface area contributed by atoms with Crippen molar-refractivity contribution in [3.8, 4) is 34.3 Å². The average Bonchev–Trinajstić information content (AvgIpc) is 3.25. The van der Waals surface area contributed by atoms with E-state index in [0.717, 1.165) is 5.56 Å². The van der Waals surface area contributed by atoms with Crippen LogP contribution in [0.3, 0.4) is 0 Å². The van der Waals surface area contributed by atoms with Crippen LogP contribution in [0.2, 0.25) is 0 Å². The van der Waals surface area contributed by atoms with Crippen molar-refractivity contribution >= 4 is 5.97 Å². The monoisotopic (exact) mass is 397 g/mol. The van der Waals surface area contributed by atoms with Crippen LogP contribution in [-0.2, 0) is 11.3 Å². The number of carbonyl (C=O) groups is 1. The first kappa shape index (κ1) is 18.7. The summed E-state index contributed by atoms with van der Waals surface area (Å²) in [6.07, 6.45) is 0. The zero-order chi connectivity index (χ0) is 20.2. The molecule has 0 atom stereocenters. The summed E-state index contributed by atoms with van der Waals surface area (Å²) in [6, 6.07) is 12.0. The summed E-state index contributed by atoms with van der Waals surface area (Å²) < 4.78 is 32.2. The van der Waals surface area contributed by atoms with E-state index in [1.54, 1.807) is 24.3 Å². The van der Waals surface area contributed by atoms with Gasteiger partial charge in [-0.1, -0.05) is 5.16 Å². The number of benzene rings is 2. The Morgan fingerprint density at radius 1 is 0.966 bits per heavy atom. The highest BCUT2D eigenvalue weighted by Crippen LogP contribution is 2.34. The molecular weight excluding hydrogens is 378 g/mol. The summed E-state index contributed by atoms with van der Waals surface area (Å²) in [4.78, 5) is 12.3. The third-order valence-corrected chi connectivity index (χ3v) is 4.36. The molecule has 150 valence electrons. The van der Waals surface area contributed by atoms with Crippen LogP contribution in [0.5, 0.6) is 23.0 Å². The number of aromatic nitrogens is 1. The Kier molecular flexibility index (Phi) is 5.24. The maximum atomic E-state index is 12.3. The maximum absolute atomic E-state index is 12.3. The van der Waals surface area contributed by atoms with E-state index in [1.807, 2.05) is 18.2 Å². The normalized spacial score (nSPS) is 12.3. The molecule has 2 aromatic carbocycles. The van der Waals surface area contributed by atoms with Crippen molar-refractivity contribution in [3.05, 3.63) is 53.7 Å². The second-order valence-electron chi connectivity index (χ2n) is 6.19. The number of rotatable bonds is 6. The fourth-order valence-electron chi connectivity index (χ4n) is 2.90. The molecule has 0 amide bonds. The molecule has 0 saturated heterocycles. The van der Waals surface area contributed by atoms with Gasteiger partial charge in [0.1, 0.15) is 25.5 Å². The molecule has 0 saturated carbocycles. The van der Waals surface area contributed by atoms with Gasteiger partial charge >= 0.3 is 5.97 Å². The number of methoxy groups -OCH3 is 2. The summed E-state index contributed by atoms with van der Waals surface area (Å²) >= 11 is 0. The average molecular weight is 397 g/mol. The highest BCUT2D eigenvalue weighted by molar-refractivity contribution is 5.90. The molecule has 1 aromatic heterocycles. The maximum Gasteiger partial charge on any atom is 0.338 e. The Bertz CT molecular complexity index is 1030. The molecule has 0 bridgehead atoms. The third kappa shape index (κ3) is 3.96. The second-order valence-corrected chi connectivity index (χ2v) is 6.19. The van der Waals surface area contributed by atoms with Crippen molar-refractivity contribution in [2.45, 2.75) is 6.61 Å². The van der Waals surface area contributed by atoms with Crippen molar-refractivity contribution in [2.75, 3.05) is 27.4 Å². The lowest BCUT2D eigenvalue weighted by Crippen LogP contribution is -2.15. The third-order valence-electron chi connectivity index (χ3n) is 4.36. The van der Waals surface area contributed by atoms with Crippen molar-refractivity contribution in [2.24, 2.45) is 0 Å². The Morgan fingerprint density at radius 2 is 1.76 bits per heavy atom. The highest BCUT2D eigenvalue weighted by Gasteiger charge is 2.16. The Morgan fingerprint density at radius 3 is 2.55 bits per heavy atom. The molecule has 8 heteroatoms. The standard InChI is InChI=1S/C21H19NO7/c1-24-16-5-4-14(10-19(16)25-2)21(23)28-12-15-11-18(29-22-15)13-3-6-17-20(9-13)27-8-7-26-17/h3-6,9-11H,7-8,12H2,1-2H3. The lowest BCUT2D eigenvalue weighted by Gasteiger charge is -2.18. The summed E-state index contributed by atoms with van der Waals surface area (Å²) in [5.41, 5.74) is 1.63. The van der Waals surface area contributed by atoms with Gasteiger partial charge in [-0.3, -0.25) is 0 Å². The molecule has 3 aromatic rings. The van der Waals surface area contributed by atoms with Crippen molar-refractivity contribution in [1.82, 2.24) is 5.16 Å². The lowest BCUT2D eigenvalue weighted by atomic mass is 10.1. The van der Waals surface area contributed by atoms with E-state index in [0.29, 0.717) is 53.2 Å². The van der Waals surface area contributed by atoms with Gasteiger partial charge in [-0.05, 0) is 36.4 Å². The minimum atomic E-state index is -0.505. The molecule has 8 nitrogen and oxygen atoms in total. The van der Waals surface area contributed by atoms with E-state index >= 15 is 0 Å². The Balaban J connectivity index is 1.42. The van der Waals surface area contributed by atoms with Crippen molar-refractivity contribution in [3.63, 3.8) is 0 Å². The largest absolute Gasteiger partial charge is 0.493 e. The highest BCUT2D eigenvalue weighted by atomic mass is 16.6. The van der Waals surface area contributed by atoms with Gasteiger partial charge in [0.15, 0.2) is 28.8 Å². The van der Waals surface area contributed by atoms with E-state index in [4.69, 9.17) is 28.2 Å². The number of hydrogen-bond donors (Lipinski definition) is 0. The first-order valence-corrected chi connectivity index (χ1v) is 8.92.